The maximum absolute atomic E-state index is 11.8. The van der Waals surface area contributed by atoms with Crippen LogP contribution in [0.3, 0.4) is 0 Å². The van der Waals surface area contributed by atoms with Crippen LogP contribution in [-0.2, 0) is 4.79 Å². The van der Waals surface area contributed by atoms with E-state index in [0.29, 0.717) is 5.75 Å². The minimum Gasteiger partial charge on any atom is -0.351 e. The van der Waals surface area contributed by atoms with E-state index < -0.39 is 0 Å². The summed E-state index contributed by atoms with van der Waals surface area (Å²) in [5.74, 6) is 0.344. The lowest BCUT2D eigenvalue weighted by molar-refractivity contribution is -0.119. The van der Waals surface area contributed by atoms with Crippen molar-refractivity contribution in [3.8, 4) is 0 Å². The second-order valence-electron chi connectivity index (χ2n) is 6.40. The van der Waals surface area contributed by atoms with Crippen LogP contribution in [0.5, 0.6) is 0 Å². The summed E-state index contributed by atoms with van der Waals surface area (Å²) < 4.78 is 0.779. The van der Waals surface area contributed by atoms with Crippen molar-refractivity contribution in [2.24, 2.45) is 0 Å². The fourth-order valence-electron chi connectivity index (χ4n) is 1.97. The standard InChI is InChI=1S/C16H22N4OS2/c1-10-6-7-12(11(2)8-10)17-14-19-20-15(23-14)22-9-13(21)18-16(3,4)5/h6-8H,9H2,1-5H3,(H,17,19)(H,18,21). The molecule has 5 nitrogen and oxygen atoms in total. The number of thioether (sulfide) groups is 1. The van der Waals surface area contributed by atoms with E-state index in [2.05, 4.69) is 46.8 Å². The Balaban J connectivity index is 1.92. The van der Waals surface area contributed by atoms with E-state index in [9.17, 15) is 4.79 Å². The molecule has 2 rings (SSSR count). The Labute approximate surface area is 145 Å². The highest BCUT2D eigenvalue weighted by Gasteiger charge is 2.15. The molecule has 2 N–H and O–H groups in total. The summed E-state index contributed by atoms with van der Waals surface area (Å²) in [5.41, 5.74) is 3.20. The molecule has 0 aliphatic heterocycles. The minimum atomic E-state index is -0.214. The number of nitrogens with one attached hydrogen (secondary N) is 2. The molecule has 0 radical (unpaired) electrons. The molecule has 1 aromatic heterocycles. The molecule has 1 amide bonds. The van der Waals surface area contributed by atoms with Gasteiger partial charge in [0.05, 0.1) is 5.75 Å². The van der Waals surface area contributed by atoms with Crippen LogP contribution in [0.25, 0.3) is 0 Å². The number of benzene rings is 1. The van der Waals surface area contributed by atoms with Crippen molar-refractivity contribution in [2.75, 3.05) is 11.1 Å². The van der Waals surface area contributed by atoms with Crippen LogP contribution in [0.15, 0.2) is 22.5 Å². The molecule has 0 saturated heterocycles. The Hall–Kier alpha value is -1.60. The lowest BCUT2D eigenvalue weighted by Crippen LogP contribution is -2.41. The SMILES string of the molecule is Cc1ccc(Nc2nnc(SCC(=O)NC(C)(C)C)s2)c(C)c1. The number of carbonyl (C=O) groups is 1. The molecule has 1 aromatic carbocycles. The molecule has 0 saturated carbocycles. The monoisotopic (exact) mass is 350 g/mol. The van der Waals surface area contributed by atoms with Gasteiger partial charge < -0.3 is 10.6 Å². The third-order valence-electron chi connectivity index (χ3n) is 2.87. The number of amides is 1. The molecule has 0 aliphatic carbocycles. The Kier molecular flexibility index (Phi) is 5.64. The maximum Gasteiger partial charge on any atom is 0.230 e. The molecule has 23 heavy (non-hydrogen) atoms. The molecule has 0 fully saturated rings. The summed E-state index contributed by atoms with van der Waals surface area (Å²) in [6, 6.07) is 6.22. The van der Waals surface area contributed by atoms with Gasteiger partial charge in [-0.25, -0.2) is 0 Å². The molecule has 124 valence electrons. The summed E-state index contributed by atoms with van der Waals surface area (Å²) in [4.78, 5) is 11.8. The van der Waals surface area contributed by atoms with E-state index in [1.807, 2.05) is 26.8 Å². The zero-order valence-electron chi connectivity index (χ0n) is 14.1. The van der Waals surface area contributed by atoms with Gasteiger partial charge in [0.15, 0.2) is 4.34 Å². The van der Waals surface area contributed by atoms with E-state index in [0.717, 1.165) is 15.2 Å². The van der Waals surface area contributed by atoms with E-state index in [1.165, 1.54) is 34.2 Å². The fraction of sp³-hybridized carbons (Fsp3) is 0.438. The van der Waals surface area contributed by atoms with Crippen LogP contribution in [0.2, 0.25) is 0 Å². The van der Waals surface area contributed by atoms with Gasteiger partial charge in [0.2, 0.25) is 11.0 Å². The molecule has 0 aliphatic rings. The minimum absolute atomic E-state index is 0.00147. The van der Waals surface area contributed by atoms with Crippen molar-refractivity contribution < 1.29 is 4.79 Å². The molecule has 0 spiro atoms. The van der Waals surface area contributed by atoms with Crippen LogP contribution in [0, 0.1) is 13.8 Å². The Bertz CT molecular complexity index is 692. The third kappa shape index (κ3) is 5.84. The second kappa shape index (κ2) is 7.31. The number of rotatable bonds is 5. The van der Waals surface area contributed by atoms with Gasteiger partial charge in [-0.2, -0.15) is 0 Å². The first-order valence-corrected chi connectivity index (χ1v) is 9.15. The fourth-order valence-corrected chi connectivity index (χ4v) is 3.53. The molecular weight excluding hydrogens is 328 g/mol. The predicted octanol–water partition coefficient (Wildman–Crippen LogP) is 3.91. The van der Waals surface area contributed by atoms with E-state index in [4.69, 9.17) is 0 Å². The number of anilines is 2. The van der Waals surface area contributed by atoms with Crippen LogP contribution in [0.4, 0.5) is 10.8 Å². The van der Waals surface area contributed by atoms with Gasteiger partial charge in [-0.3, -0.25) is 4.79 Å². The van der Waals surface area contributed by atoms with Gasteiger partial charge in [-0.15, -0.1) is 10.2 Å². The smallest absolute Gasteiger partial charge is 0.230 e. The number of aromatic nitrogens is 2. The van der Waals surface area contributed by atoms with Gasteiger partial charge in [0, 0.05) is 11.2 Å². The summed E-state index contributed by atoms with van der Waals surface area (Å²) in [5, 5.41) is 15.2. The maximum atomic E-state index is 11.8. The van der Waals surface area contributed by atoms with E-state index in [-0.39, 0.29) is 11.4 Å². The molecule has 2 aromatic rings. The topological polar surface area (TPSA) is 66.9 Å². The predicted molar refractivity (Wildman–Crippen MR) is 97.7 cm³/mol. The Morgan fingerprint density at radius 1 is 1.26 bits per heavy atom. The number of carbonyl (C=O) groups excluding carboxylic acids is 1. The first kappa shape index (κ1) is 17.7. The van der Waals surface area contributed by atoms with Crippen molar-refractivity contribution in [1.82, 2.24) is 15.5 Å². The summed E-state index contributed by atoms with van der Waals surface area (Å²) in [6.45, 7) is 10.0. The molecule has 0 atom stereocenters. The lowest BCUT2D eigenvalue weighted by Gasteiger charge is -2.19. The van der Waals surface area contributed by atoms with Crippen molar-refractivity contribution >= 4 is 39.8 Å². The second-order valence-corrected chi connectivity index (χ2v) is 8.60. The highest BCUT2D eigenvalue weighted by molar-refractivity contribution is 8.01. The highest BCUT2D eigenvalue weighted by atomic mass is 32.2. The summed E-state index contributed by atoms with van der Waals surface area (Å²) in [7, 11) is 0. The van der Waals surface area contributed by atoms with Crippen molar-refractivity contribution in [2.45, 2.75) is 44.5 Å². The molecule has 0 bridgehead atoms. The zero-order valence-corrected chi connectivity index (χ0v) is 15.7. The van der Waals surface area contributed by atoms with Crippen molar-refractivity contribution in [3.63, 3.8) is 0 Å². The van der Waals surface area contributed by atoms with E-state index >= 15 is 0 Å². The van der Waals surface area contributed by atoms with Crippen LogP contribution in [0.1, 0.15) is 31.9 Å². The average molecular weight is 351 g/mol. The number of aryl methyl sites for hydroxylation is 2. The third-order valence-corrected chi connectivity index (χ3v) is 4.84. The van der Waals surface area contributed by atoms with Crippen LogP contribution in [-0.4, -0.2) is 27.4 Å². The van der Waals surface area contributed by atoms with Crippen molar-refractivity contribution in [1.29, 1.82) is 0 Å². The van der Waals surface area contributed by atoms with Gasteiger partial charge >= 0.3 is 0 Å². The van der Waals surface area contributed by atoms with Gasteiger partial charge in [-0.05, 0) is 46.2 Å². The lowest BCUT2D eigenvalue weighted by atomic mass is 10.1. The first-order valence-electron chi connectivity index (χ1n) is 7.34. The quantitative estimate of drug-likeness (QED) is 0.801. The van der Waals surface area contributed by atoms with Gasteiger partial charge in [-0.1, -0.05) is 40.8 Å². The number of hydrogen-bond donors (Lipinski definition) is 2. The zero-order chi connectivity index (χ0) is 17.0. The van der Waals surface area contributed by atoms with E-state index in [1.54, 1.807) is 0 Å². The summed E-state index contributed by atoms with van der Waals surface area (Å²) in [6.07, 6.45) is 0. The molecule has 1 heterocycles. The Morgan fingerprint density at radius 3 is 2.65 bits per heavy atom. The average Bonchev–Trinajstić information content (AvgIpc) is 2.85. The normalized spacial score (nSPS) is 11.3. The molecule has 7 heteroatoms. The Morgan fingerprint density at radius 2 is 2.00 bits per heavy atom. The number of hydrogen-bond acceptors (Lipinski definition) is 6. The first-order chi connectivity index (χ1) is 10.7. The highest BCUT2D eigenvalue weighted by Crippen LogP contribution is 2.28. The largest absolute Gasteiger partial charge is 0.351 e. The molecular formula is C16H22N4OS2. The van der Waals surface area contributed by atoms with Gasteiger partial charge in [0.1, 0.15) is 0 Å². The van der Waals surface area contributed by atoms with Crippen LogP contribution >= 0.6 is 23.1 Å². The summed E-state index contributed by atoms with van der Waals surface area (Å²) >= 11 is 2.85. The van der Waals surface area contributed by atoms with Crippen molar-refractivity contribution in [3.05, 3.63) is 29.3 Å². The van der Waals surface area contributed by atoms with Crippen LogP contribution < -0.4 is 10.6 Å². The van der Waals surface area contributed by atoms with Gasteiger partial charge in [0.25, 0.3) is 0 Å². The molecule has 0 unspecified atom stereocenters. The number of nitrogens with zero attached hydrogens (tertiary/aromatic N) is 2.